The van der Waals surface area contributed by atoms with Gasteiger partial charge < -0.3 is 15.7 Å². The third kappa shape index (κ3) is 9.05. The molecule has 0 heterocycles. The second-order valence-electron chi connectivity index (χ2n) is 0.610. The van der Waals surface area contributed by atoms with Gasteiger partial charge in [-0.2, -0.15) is 0 Å². The van der Waals surface area contributed by atoms with E-state index in [0.29, 0.717) is 0 Å². The van der Waals surface area contributed by atoms with Crippen molar-refractivity contribution in [2.45, 2.75) is 0 Å². The maximum atomic E-state index is 9.10. The number of rotatable bonds is 0. The number of hydrogen-bond acceptors (Lipinski definition) is 2. The Balaban J connectivity index is -0.000000125. The summed E-state index contributed by atoms with van der Waals surface area (Å²) >= 11 is 0. The number of hydrogen-bond donors (Lipinski definition) is 2. The first-order valence-corrected chi connectivity index (χ1v) is 1.11. The molecule has 0 saturated heterocycles. The molecule has 0 spiro atoms. The van der Waals surface area contributed by atoms with Crippen molar-refractivity contribution in [3.63, 3.8) is 0 Å². The molecule has 0 amide bonds. The van der Waals surface area contributed by atoms with Crippen LogP contribution in [0.15, 0.2) is 0 Å². The second kappa shape index (κ2) is 6.42. The van der Waals surface area contributed by atoms with Gasteiger partial charge in [0, 0.05) is 17.1 Å². The van der Waals surface area contributed by atoms with E-state index >= 15 is 0 Å². The standard InChI is InChI=1S/C2H2O4.Mn.H2O/c3-1(4)2(5)6;;/h(H,3,4)(H,5,6);;1H2. The van der Waals surface area contributed by atoms with Gasteiger partial charge in [-0.15, -0.1) is 0 Å². The van der Waals surface area contributed by atoms with Gasteiger partial charge in [0.25, 0.3) is 0 Å². The van der Waals surface area contributed by atoms with Crippen LogP contribution in [-0.4, -0.2) is 27.6 Å². The molecule has 0 bridgehead atoms. The number of carbonyl (C=O) groups is 2. The molecule has 0 aromatic heterocycles. The summed E-state index contributed by atoms with van der Waals surface area (Å²) in [5.41, 5.74) is 0. The van der Waals surface area contributed by atoms with Crippen LogP contribution in [0, 0.1) is 0 Å². The van der Waals surface area contributed by atoms with Crippen LogP contribution in [0.2, 0.25) is 0 Å². The van der Waals surface area contributed by atoms with Crippen LogP contribution >= 0.6 is 0 Å². The first kappa shape index (κ1) is 15.7. The summed E-state index contributed by atoms with van der Waals surface area (Å²) in [6.45, 7) is 0. The fourth-order valence-electron chi connectivity index (χ4n) is 0. The Morgan fingerprint density at radius 3 is 1.12 bits per heavy atom. The maximum absolute atomic E-state index is 9.10. The minimum absolute atomic E-state index is 0. The fourth-order valence-corrected chi connectivity index (χ4v) is 0. The van der Waals surface area contributed by atoms with Crippen molar-refractivity contribution in [3.8, 4) is 0 Å². The van der Waals surface area contributed by atoms with Crippen molar-refractivity contribution < 1.29 is 42.3 Å². The van der Waals surface area contributed by atoms with Crippen molar-refractivity contribution in [1.82, 2.24) is 0 Å². The zero-order chi connectivity index (χ0) is 5.15. The maximum Gasteiger partial charge on any atom is 0.414 e. The smallest absolute Gasteiger partial charge is 0.414 e. The minimum atomic E-state index is -1.82. The molecule has 4 N–H and O–H groups in total. The van der Waals surface area contributed by atoms with Crippen molar-refractivity contribution >= 4 is 11.9 Å². The van der Waals surface area contributed by atoms with Gasteiger partial charge in [-0.05, 0) is 0 Å². The van der Waals surface area contributed by atoms with Crippen LogP contribution in [0.25, 0.3) is 0 Å². The van der Waals surface area contributed by atoms with Gasteiger partial charge in [-0.3, -0.25) is 0 Å². The number of aliphatic carboxylic acids is 2. The molecule has 0 atom stereocenters. The van der Waals surface area contributed by atoms with Gasteiger partial charge in [-0.1, -0.05) is 0 Å². The van der Waals surface area contributed by atoms with Crippen molar-refractivity contribution in [2.24, 2.45) is 0 Å². The molecule has 6 heteroatoms. The van der Waals surface area contributed by atoms with Gasteiger partial charge in [-0.25, -0.2) is 9.59 Å². The van der Waals surface area contributed by atoms with Gasteiger partial charge in [0.2, 0.25) is 0 Å². The van der Waals surface area contributed by atoms with Gasteiger partial charge in [0.05, 0.1) is 0 Å². The largest absolute Gasteiger partial charge is 0.473 e. The minimum Gasteiger partial charge on any atom is -0.473 e. The predicted octanol–water partition coefficient (Wildman–Crippen LogP) is -1.67. The predicted molar refractivity (Wildman–Crippen MR) is 18.9 cm³/mol. The topological polar surface area (TPSA) is 106 Å². The summed E-state index contributed by atoms with van der Waals surface area (Å²) in [6.07, 6.45) is 0. The van der Waals surface area contributed by atoms with Crippen LogP contribution < -0.4 is 0 Å². The average molecular weight is 163 g/mol. The molecule has 0 unspecified atom stereocenters. The van der Waals surface area contributed by atoms with Crippen LogP contribution in [0.4, 0.5) is 0 Å². The third-order valence-corrected chi connectivity index (χ3v) is 0.183. The van der Waals surface area contributed by atoms with Crippen LogP contribution in [-0.2, 0) is 26.7 Å². The Bertz CT molecular complexity index is 76.4. The second-order valence-corrected chi connectivity index (χ2v) is 0.610. The monoisotopic (exact) mass is 163 g/mol. The Kier molecular flexibility index (Phi) is 12.6. The molecular formula is C2H4MnO5. The fraction of sp³-hybridized carbons (Fsp3) is 0. The van der Waals surface area contributed by atoms with Gasteiger partial charge >= 0.3 is 11.9 Å². The molecule has 8 heavy (non-hydrogen) atoms. The van der Waals surface area contributed by atoms with E-state index in [9.17, 15) is 0 Å². The first-order chi connectivity index (χ1) is 2.64. The molecule has 0 fully saturated rings. The van der Waals surface area contributed by atoms with Crippen molar-refractivity contribution in [1.29, 1.82) is 0 Å². The summed E-state index contributed by atoms with van der Waals surface area (Å²) in [7, 11) is 0. The van der Waals surface area contributed by atoms with E-state index in [4.69, 9.17) is 19.8 Å². The van der Waals surface area contributed by atoms with Crippen molar-refractivity contribution in [2.75, 3.05) is 0 Å². The van der Waals surface area contributed by atoms with E-state index in [0.717, 1.165) is 0 Å². The quantitative estimate of drug-likeness (QED) is 0.328. The molecule has 1 radical (unpaired) electrons. The average Bonchev–Trinajstić information content (AvgIpc) is 1.36. The van der Waals surface area contributed by atoms with Crippen LogP contribution in [0.3, 0.4) is 0 Å². The van der Waals surface area contributed by atoms with Crippen LogP contribution in [0.5, 0.6) is 0 Å². The Labute approximate surface area is 55.1 Å². The molecule has 0 rings (SSSR count). The van der Waals surface area contributed by atoms with E-state index in [2.05, 4.69) is 0 Å². The first-order valence-electron chi connectivity index (χ1n) is 1.11. The zero-order valence-electron chi connectivity index (χ0n) is 3.59. The molecule has 5 nitrogen and oxygen atoms in total. The normalized spacial score (nSPS) is 5.50. The molecule has 49 valence electrons. The molecule has 0 aromatic carbocycles. The Hall–Kier alpha value is -0.581. The van der Waals surface area contributed by atoms with E-state index < -0.39 is 11.9 Å². The molecular weight excluding hydrogens is 159 g/mol. The Morgan fingerprint density at radius 1 is 1.00 bits per heavy atom. The number of carboxylic acids is 2. The SMILES string of the molecule is O.O=C(O)C(=O)O.[Mn]. The van der Waals surface area contributed by atoms with Crippen molar-refractivity contribution in [3.05, 3.63) is 0 Å². The number of carboxylic acid groups (broad SMARTS) is 2. The Morgan fingerprint density at radius 2 is 1.12 bits per heavy atom. The summed E-state index contributed by atoms with van der Waals surface area (Å²) in [5, 5.41) is 14.8. The molecule has 0 aliphatic carbocycles. The molecule has 0 saturated carbocycles. The molecule has 0 aromatic rings. The zero-order valence-corrected chi connectivity index (χ0v) is 4.77. The molecule has 0 aliphatic rings. The van der Waals surface area contributed by atoms with E-state index in [-0.39, 0.29) is 22.5 Å². The van der Waals surface area contributed by atoms with Gasteiger partial charge in [0.1, 0.15) is 0 Å². The summed E-state index contributed by atoms with van der Waals surface area (Å²) in [6, 6.07) is 0. The summed E-state index contributed by atoms with van der Waals surface area (Å²) < 4.78 is 0. The van der Waals surface area contributed by atoms with Crippen LogP contribution in [0.1, 0.15) is 0 Å². The third-order valence-electron chi connectivity index (χ3n) is 0.183. The van der Waals surface area contributed by atoms with E-state index in [1.165, 1.54) is 0 Å². The molecule has 0 aliphatic heterocycles. The summed E-state index contributed by atoms with van der Waals surface area (Å²) in [5.74, 6) is -3.65. The van der Waals surface area contributed by atoms with E-state index in [1.54, 1.807) is 0 Å². The summed E-state index contributed by atoms with van der Waals surface area (Å²) in [4.78, 5) is 18.2. The van der Waals surface area contributed by atoms with E-state index in [1.807, 2.05) is 0 Å². The van der Waals surface area contributed by atoms with Gasteiger partial charge in [0.15, 0.2) is 0 Å².